The Morgan fingerprint density at radius 2 is 2.04 bits per heavy atom. The second-order valence-electron chi connectivity index (χ2n) is 6.13. The molecule has 1 N–H and O–H groups in total. The molecule has 1 aromatic carbocycles. The number of amides is 1. The summed E-state index contributed by atoms with van der Waals surface area (Å²) in [4.78, 5) is 22.1. The number of hydrogen-bond acceptors (Lipinski definition) is 5. The highest BCUT2D eigenvalue weighted by Gasteiger charge is 2.26. The molecule has 0 radical (unpaired) electrons. The molecule has 0 saturated heterocycles. The van der Waals surface area contributed by atoms with Crippen molar-refractivity contribution in [1.29, 1.82) is 0 Å². The number of carbonyl (C=O) groups is 1. The van der Waals surface area contributed by atoms with Gasteiger partial charge in [0.15, 0.2) is 5.13 Å². The standard InChI is InChI=1S/C18H16FN3OS2/c1-10-16(17(23)22-18-21-14(9-24-18)12-4-5-12)25-15(20-10)8-11-2-6-13(19)7-3-11/h2-3,6-7,9,12H,4-5,8H2,1H3,(H,21,22,23). The number of nitrogens with one attached hydrogen (secondary N) is 1. The number of nitrogens with zero attached hydrogens (tertiary/aromatic N) is 2. The Labute approximate surface area is 152 Å². The highest BCUT2D eigenvalue weighted by molar-refractivity contribution is 7.15. The summed E-state index contributed by atoms with van der Waals surface area (Å²) < 4.78 is 13.0. The van der Waals surface area contributed by atoms with Gasteiger partial charge in [-0.2, -0.15) is 0 Å². The third-order valence-corrected chi connectivity index (χ3v) is 5.99. The second-order valence-corrected chi connectivity index (χ2v) is 8.07. The number of hydrogen-bond donors (Lipinski definition) is 1. The molecule has 1 saturated carbocycles. The number of aryl methyl sites for hydroxylation is 1. The van der Waals surface area contributed by atoms with Crippen LogP contribution in [0.15, 0.2) is 29.6 Å². The van der Waals surface area contributed by atoms with Crippen LogP contribution in [0, 0.1) is 12.7 Å². The van der Waals surface area contributed by atoms with E-state index in [1.807, 2.05) is 12.3 Å². The van der Waals surface area contributed by atoms with E-state index in [-0.39, 0.29) is 11.7 Å². The first-order valence-electron chi connectivity index (χ1n) is 8.06. The van der Waals surface area contributed by atoms with E-state index in [1.165, 1.54) is 47.6 Å². The van der Waals surface area contributed by atoms with E-state index in [1.54, 1.807) is 12.1 Å². The summed E-state index contributed by atoms with van der Waals surface area (Å²) in [6.45, 7) is 1.83. The third-order valence-electron chi connectivity index (χ3n) is 4.05. The maximum Gasteiger partial charge on any atom is 0.269 e. The Balaban J connectivity index is 1.46. The van der Waals surface area contributed by atoms with Gasteiger partial charge >= 0.3 is 0 Å². The Bertz CT molecular complexity index is 913. The third kappa shape index (κ3) is 3.77. The van der Waals surface area contributed by atoms with Crippen molar-refractivity contribution < 1.29 is 9.18 Å². The summed E-state index contributed by atoms with van der Waals surface area (Å²) in [5.74, 6) is 0.152. The van der Waals surface area contributed by atoms with Crippen LogP contribution in [0.1, 0.15) is 50.4 Å². The molecule has 128 valence electrons. The van der Waals surface area contributed by atoms with Crippen LogP contribution in [0.4, 0.5) is 9.52 Å². The molecule has 4 nitrogen and oxygen atoms in total. The van der Waals surface area contributed by atoms with Gasteiger partial charge in [0.2, 0.25) is 0 Å². The largest absolute Gasteiger partial charge is 0.297 e. The molecule has 0 spiro atoms. The summed E-state index contributed by atoms with van der Waals surface area (Å²) in [6, 6.07) is 6.34. The van der Waals surface area contributed by atoms with E-state index in [4.69, 9.17) is 0 Å². The molecular weight excluding hydrogens is 357 g/mol. The number of aromatic nitrogens is 2. The van der Waals surface area contributed by atoms with Gasteiger partial charge in [0.25, 0.3) is 5.91 Å². The first-order chi connectivity index (χ1) is 12.1. The van der Waals surface area contributed by atoms with Crippen molar-refractivity contribution in [2.75, 3.05) is 5.32 Å². The van der Waals surface area contributed by atoms with Gasteiger partial charge in [-0.05, 0) is 37.5 Å². The van der Waals surface area contributed by atoms with Crippen molar-refractivity contribution in [3.05, 3.63) is 62.3 Å². The highest BCUT2D eigenvalue weighted by Crippen LogP contribution is 2.41. The van der Waals surface area contributed by atoms with Gasteiger partial charge in [0, 0.05) is 17.7 Å². The number of thiazole rings is 2. The van der Waals surface area contributed by atoms with Crippen LogP contribution in [0.3, 0.4) is 0 Å². The van der Waals surface area contributed by atoms with Gasteiger partial charge in [-0.3, -0.25) is 10.1 Å². The van der Waals surface area contributed by atoms with Crippen LogP contribution in [0.2, 0.25) is 0 Å². The van der Waals surface area contributed by atoms with Gasteiger partial charge in [-0.1, -0.05) is 12.1 Å². The van der Waals surface area contributed by atoms with E-state index < -0.39 is 0 Å². The Kier molecular flexibility index (Phi) is 4.35. The molecule has 1 aliphatic carbocycles. The molecule has 2 aromatic heterocycles. The fourth-order valence-corrected chi connectivity index (χ4v) is 4.36. The smallest absolute Gasteiger partial charge is 0.269 e. The molecule has 1 fully saturated rings. The molecule has 2 heterocycles. The quantitative estimate of drug-likeness (QED) is 0.701. The van der Waals surface area contributed by atoms with Crippen LogP contribution in [-0.2, 0) is 6.42 Å². The zero-order valence-corrected chi connectivity index (χ0v) is 15.2. The molecule has 0 unspecified atom stereocenters. The van der Waals surface area contributed by atoms with Gasteiger partial charge in [0.1, 0.15) is 10.7 Å². The van der Waals surface area contributed by atoms with E-state index in [0.717, 1.165) is 16.3 Å². The van der Waals surface area contributed by atoms with Crippen molar-refractivity contribution in [3.8, 4) is 0 Å². The second kappa shape index (κ2) is 6.65. The first-order valence-corrected chi connectivity index (χ1v) is 9.75. The SMILES string of the molecule is Cc1nc(Cc2ccc(F)cc2)sc1C(=O)Nc1nc(C2CC2)cs1. The van der Waals surface area contributed by atoms with Gasteiger partial charge in [-0.25, -0.2) is 14.4 Å². The van der Waals surface area contributed by atoms with E-state index >= 15 is 0 Å². The molecule has 3 aromatic rings. The van der Waals surface area contributed by atoms with Crippen molar-refractivity contribution >= 4 is 33.7 Å². The van der Waals surface area contributed by atoms with Crippen molar-refractivity contribution in [1.82, 2.24) is 9.97 Å². The first kappa shape index (κ1) is 16.4. The monoisotopic (exact) mass is 373 g/mol. The lowest BCUT2D eigenvalue weighted by Gasteiger charge is -1.99. The predicted molar refractivity (Wildman–Crippen MR) is 98.1 cm³/mol. The molecule has 25 heavy (non-hydrogen) atoms. The topological polar surface area (TPSA) is 54.9 Å². The summed E-state index contributed by atoms with van der Waals surface area (Å²) >= 11 is 2.83. The maximum atomic E-state index is 13.0. The fourth-order valence-electron chi connectivity index (χ4n) is 2.58. The molecular formula is C18H16FN3OS2. The molecule has 0 aliphatic heterocycles. The lowest BCUT2D eigenvalue weighted by molar-refractivity contribution is 0.103. The van der Waals surface area contributed by atoms with Crippen LogP contribution in [0.25, 0.3) is 0 Å². The molecule has 0 atom stereocenters. The number of anilines is 1. The number of carbonyl (C=O) groups excluding carboxylic acids is 1. The fraction of sp³-hybridized carbons (Fsp3) is 0.278. The molecule has 1 amide bonds. The molecule has 7 heteroatoms. The maximum absolute atomic E-state index is 13.0. The Hall–Kier alpha value is -2.12. The van der Waals surface area contributed by atoms with E-state index in [9.17, 15) is 9.18 Å². The van der Waals surface area contributed by atoms with Gasteiger partial charge in [0.05, 0.1) is 16.4 Å². The van der Waals surface area contributed by atoms with Crippen molar-refractivity contribution in [3.63, 3.8) is 0 Å². The lowest BCUT2D eigenvalue weighted by atomic mass is 10.1. The zero-order valence-electron chi connectivity index (χ0n) is 13.6. The predicted octanol–water partition coefficient (Wildman–Crippen LogP) is 4.77. The van der Waals surface area contributed by atoms with Gasteiger partial charge < -0.3 is 0 Å². The minimum absolute atomic E-state index is 0.169. The summed E-state index contributed by atoms with van der Waals surface area (Å²) in [7, 11) is 0. The molecule has 0 bridgehead atoms. The minimum Gasteiger partial charge on any atom is -0.297 e. The number of benzene rings is 1. The zero-order chi connectivity index (χ0) is 17.4. The van der Waals surface area contributed by atoms with Crippen LogP contribution in [-0.4, -0.2) is 15.9 Å². The Morgan fingerprint density at radius 1 is 1.28 bits per heavy atom. The van der Waals surface area contributed by atoms with Crippen LogP contribution in [0.5, 0.6) is 0 Å². The molecule has 1 aliphatic rings. The van der Waals surface area contributed by atoms with Crippen LogP contribution >= 0.6 is 22.7 Å². The lowest BCUT2D eigenvalue weighted by Crippen LogP contribution is -2.11. The minimum atomic E-state index is -0.256. The van der Waals surface area contributed by atoms with Crippen molar-refractivity contribution in [2.45, 2.75) is 32.1 Å². The number of rotatable bonds is 5. The van der Waals surface area contributed by atoms with Crippen molar-refractivity contribution in [2.24, 2.45) is 0 Å². The van der Waals surface area contributed by atoms with E-state index in [2.05, 4.69) is 15.3 Å². The highest BCUT2D eigenvalue weighted by atomic mass is 32.1. The summed E-state index contributed by atoms with van der Waals surface area (Å²) in [6.07, 6.45) is 2.97. The summed E-state index contributed by atoms with van der Waals surface area (Å²) in [5, 5.41) is 6.38. The normalized spacial score (nSPS) is 13.8. The molecule has 4 rings (SSSR count). The summed E-state index contributed by atoms with van der Waals surface area (Å²) in [5.41, 5.74) is 2.76. The number of halogens is 1. The van der Waals surface area contributed by atoms with Gasteiger partial charge in [-0.15, -0.1) is 22.7 Å². The van der Waals surface area contributed by atoms with Crippen LogP contribution < -0.4 is 5.32 Å². The van der Waals surface area contributed by atoms with E-state index in [0.29, 0.717) is 28.0 Å². The Morgan fingerprint density at radius 3 is 2.76 bits per heavy atom. The average Bonchev–Trinajstić information content (AvgIpc) is 3.23. The average molecular weight is 373 g/mol.